The van der Waals surface area contributed by atoms with Gasteiger partial charge in [0, 0.05) is 24.3 Å². The van der Waals surface area contributed by atoms with Crippen LogP contribution in [0, 0.1) is 11.8 Å². The van der Waals surface area contributed by atoms with Crippen LogP contribution in [0.5, 0.6) is 0 Å². The number of carbonyl (C=O) groups is 4. The Kier molecular flexibility index (Phi) is 14.1. The van der Waals surface area contributed by atoms with Crippen LogP contribution in [-0.4, -0.2) is 93.1 Å². The molecule has 3 saturated heterocycles. The highest BCUT2D eigenvalue weighted by atomic mass is 35.5. The summed E-state index contributed by atoms with van der Waals surface area (Å²) in [4.78, 5) is 71.0. The number of nitrogens with zero attached hydrogens (tertiary/aromatic N) is 5. The van der Waals surface area contributed by atoms with Crippen LogP contribution < -0.4 is 15.5 Å². The molecule has 3 aliphatic heterocycles. The first kappa shape index (κ1) is 52.0. The van der Waals surface area contributed by atoms with Crippen molar-refractivity contribution in [3.05, 3.63) is 107 Å². The zero-order chi connectivity index (χ0) is 51.9. The Balaban J connectivity index is 1.03. The van der Waals surface area contributed by atoms with E-state index in [9.17, 15) is 38.6 Å². The summed E-state index contributed by atoms with van der Waals surface area (Å²) >= 11 is 6.77. The number of halogens is 6. The van der Waals surface area contributed by atoms with Crippen molar-refractivity contribution in [2.45, 2.75) is 107 Å². The third-order valence-corrected chi connectivity index (χ3v) is 15.3. The molecule has 0 bridgehead atoms. The number of benzene rings is 3. The average molecular weight is 1040 g/mol. The number of rotatable bonds is 14. The maximum atomic E-state index is 13.9. The van der Waals surface area contributed by atoms with Gasteiger partial charge in [0.1, 0.15) is 39.5 Å². The molecule has 6 atom stereocenters. The lowest BCUT2D eigenvalue weighted by Gasteiger charge is -2.41. The summed E-state index contributed by atoms with van der Waals surface area (Å²) in [5, 5.41) is 5.55. The number of hydrogen-bond donors (Lipinski definition) is 4. The lowest BCUT2D eigenvalue weighted by molar-refractivity contribution is -0.136. The van der Waals surface area contributed by atoms with Crippen LogP contribution in [-0.2, 0) is 19.1 Å². The average Bonchev–Trinajstić information content (AvgIpc) is 4.21. The number of alkyl carbamates (subject to hydrolysis) is 2. The van der Waals surface area contributed by atoms with E-state index in [-0.39, 0.29) is 46.9 Å². The van der Waals surface area contributed by atoms with Crippen LogP contribution >= 0.6 is 21.8 Å². The molecular formula is C50H59ClF5N9O6S. The molecule has 0 aliphatic carbocycles. The van der Waals surface area contributed by atoms with Gasteiger partial charge in [-0.05, 0) is 91.3 Å². The summed E-state index contributed by atoms with van der Waals surface area (Å²) in [6.07, 6.45) is 4.19. The first-order valence-corrected chi connectivity index (χ1v) is 26.2. The van der Waals surface area contributed by atoms with Crippen LogP contribution in [0.15, 0.2) is 83.9 Å². The molecule has 3 aromatic carbocycles. The van der Waals surface area contributed by atoms with Crippen molar-refractivity contribution >= 4 is 51.5 Å². The van der Waals surface area contributed by atoms with Gasteiger partial charge in [0.15, 0.2) is 0 Å². The predicted molar refractivity (Wildman–Crippen MR) is 264 cm³/mol. The zero-order valence-electron chi connectivity index (χ0n) is 40.6. The number of ether oxygens (including phenoxy) is 2. The van der Waals surface area contributed by atoms with Crippen molar-refractivity contribution in [2.75, 3.05) is 32.2 Å². The van der Waals surface area contributed by atoms with Crippen molar-refractivity contribution in [1.29, 1.82) is 0 Å². The number of aromatic nitrogens is 4. The Bertz CT molecular complexity index is 2800. The van der Waals surface area contributed by atoms with E-state index in [0.29, 0.717) is 91.6 Å². The summed E-state index contributed by atoms with van der Waals surface area (Å²) < 4.78 is 79.2. The van der Waals surface area contributed by atoms with E-state index in [4.69, 9.17) is 26.1 Å². The highest BCUT2D eigenvalue weighted by Gasteiger charge is 2.65. The molecule has 0 radical (unpaired) electrons. The number of imidazole rings is 2. The second-order valence-electron chi connectivity index (χ2n) is 19.3. The SMILES string of the molecule is COC(=O)NC(C(=O)N1CCCC1c1ncc(-c2ccc(C3CCC(c4ccc(-c5nc(C6CCCN6C(=O)C(NC(=O)OC)C(C)C)[nH]c5Cl)cc4)N3c3ccc(S(F)(F)(F)(F)F)cc3)cc2)[nH]1)C(C)C. The molecule has 22 heteroatoms. The van der Waals surface area contributed by atoms with E-state index in [1.165, 1.54) is 14.2 Å². The monoisotopic (exact) mass is 1040 g/mol. The number of methoxy groups -OCH3 is 2. The van der Waals surface area contributed by atoms with Crippen LogP contribution in [0.4, 0.5) is 34.7 Å². The van der Waals surface area contributed by atoms with E-state index >= 15 is 0 Å². The van der Waals surface area contributed by atoms with Gasteiger partial charge in [-0.15, -0.1) is 0 Å². The second-order valence-corrected chi connectivity index (χ2v) is 22.1. The molecule has 6 unspecified atom stereocenters. The molecule has 72 heavy (non-hydrogen) atoms. The number of nitrogens with one attached hydrogen (secondary N) is 4. The Hall–Kier alpha value is -6.35. The minimum atomic E-state index is -9.96. The number of anilines is 1. The van der Waals surface area contributed by atoms with Crippen molar-refractivity contribution < 1.29 is 48.1 Å². The lowest BCUT2D eigenvalue weighted by Crippen LogP contribution is -2.51. The minimum absolute atomic E-state index is 0.193. The van der Waals surface area contributed by atoms with E-state index < -0.39 is 45.4 Å². The number of H-pyrrole nitrogens is 2. The van der Waals surface area contributed by atoms with Crippen LogP contribution in [0.2, 0.25) is 5.15 Å². The normalized spacial score (nSPS) is 21.1. The van der Waals surface area contributed by atoms with Gasteiger partial charge in [-0.3, -0.25) is 9.59 Å². The smallest absolute Gasteiger partial charge is 0.407 e. The molecule has 5 heterocycles. The number of aromatic amines is 2. The van der Waals surface area contributed by atoms with Crippen LogP contribution in [0.1, 0.15) is 113 Å². The molecule has 0 spiro atoms. The molecular weight excluding hydrogens is 985 g/mol. The number of hydrogen-bond acceptors (Lipinski definition) is 9. The standard InChI is InChI=1S/C50H59ClF5N9O6S/c1-28(2)41(60-49(68)70-5)47(66)63-25-7-9-39(63)45-57-27-36(58-45)30-11-13-31(14-12-30)37-23-24-38(65(37)34-19-21-35(22-20-34)72(52,53,54,55)56)32-15-17-33(18-16-32)43-44(51)62-46(59-43)40-10-8-26-64(40)48(67)42(29(3)4)61-50(69)71-6/h11-22,27-29,37-42H,7-10,23-26H2,1-6H3,(H,57,58)(H,59,62)(H,60,68)(H,61,69). The molecule has 3 fully saturated rings. The summed E-state index contributed by atoms with van der Waals surface area (Å²) in [6.45, 7) is 8.30. The highest BCUT2D eigenvalue weighted by Crippen LogP contribution is 3.02. The summed E-state index contributed by atoms with van der Waals surface area (Å²) in [6, 6.07) is 15.1. The van der Waals surface area contributed by atoms with E-state index in [1.54, 1.807) is 16.0 Å². The van der Waals surface area contributed by atoms with Crippen molar-refractivity contribution in [2.24, 2.45) is 11.8 Å². The summed E-state index contributed by atoms with van der Waals surface area (Å²) in [5.74, 6) is 0.178. The van der Waals surface area contributed by atoms with Gasteiger partial charge in [0.25, 0.3) is 0 Å². The van der Waals surface area contributed by atoms with Gasteiger partial charge in [-0.2, -0.15) is 0 Å². The van der Waals surface area contributed by atoms with E-state index in [1.807, 2.05) is 81.1 Å². The van der Waals surface area contributed by atoms with Crippen molar-refractivity contribution in [1.82, 2.24) is 40.4 Å². The second kappa shape index (κ2) is 19.6. The Morgan fingerprint density at radius 2 is 1.12 bits per heavy atom. The topological polar surface area (TPSA) is 178 Å². The van der Waals surface area contributed by atoms with E-state index in [0.717, 1.165) is 35.2 Å². The number of amides is 4. The lowest BCUT2D eigenvalue weighted by atomic mass is 10.0. The van der Waals surface area contributed by atoms with Crippen molar-refractivity contribution in [3.63, 3.8) is 0 Å². The fourth-order valence-corrected chi connectivity index (χ4v) is 11.1. The third kappa shape index (κ3) is 10.9. The largest absolute Gasteiger partial charge is 0.453 e. The fraction of sp³-hybridized carbons (Fsp3) is 0.440. The number of carbonyl (C=O) groups excluding carboxylic acids is 4. The molecule has 4 N–H and O–H groups in total. The number of likely N-dealkylation sites (tertiary alicyclic amines) is 2. The molecule has 8 rings (SSSR count). The van der Waals surface area contributed by atoms with Crippen LogP contribution in [0.25, 0.3) is 22.5 Å². The van der Waals surface area contributed by atoms with Gasteiger partial charge < -0.3 is 44.8 Å². The molecule has 4 amide bonds. The maximum absolute atomic E-state index is 13.9. The molecule has 388 valence electrons. The third-order valence-electron chi connectivity index (χ3n) is 13.9. The molecule has 5 aromatic rings. The minimum Gasteiger partial charge on any atom is -0.453 e. The fourth-order valence-electron chi connectivity index (χ4n) is 10.2. The first-order valence-electron chi connectivity index (χ1n) is 23.9. The Morgan fingerprint density at radius 1 is 0.653 bits per heavy atom. The molecule has 3 aliphatic rings. The highest BCUT2D eigenvalue weighted by molar-refractivity contribution is 8.45. The zero-order valence-corrected chi connectivity index (χ0v) is 42.2. The molecule has 0 saturated carbocycles. The maximum Gasteiger partial charge on any atom is 0.407 e. The van der Waals surface area contributed by atoms with Gasteiger partial charge in [0.05, 0.1) is 50.3 Å². The predicted octanol–water partition coefficient (Wildman–Crippen LogP) is 11.9. The van der Waals surface area contributed by atoms with Crippen molar-refractivity contribution in [3.8, 4) is 22.5 Å². The van der Waals surface area contributed by atoms with Gasteiger partial charge in [-0.1, -0.05) is 107 Å². The van der Waals surface area contributed by atoms with Gasteiger partial charge in [-0.25, -0.2) is 19.6 Å². The first-order chi connectivity index (χ1) is 34.0. The van der Waals surface area contributed by atoms with Crippen LogP contribution in [0.3, 0.4) is 0 Å². The summed E-state index contributed by atoms with van der Waals surface area (Å²) in [7, 11) is -7.48. The Labute approximate surface area is 419 Å². The van der Waals surface area contributed by atoms with Gasteiger partial charge >= 0.3 is 22.4 Å². The Morgan fingerprint density at radius 3 is 1.58 bits per heavy atom. The summed E-state index contributed by atoms with van der Waals surface area (Å²) in [5.41, 5.74) is 4.59. The van der Waals surface area contributed by atoms with Gasteiger partial charge in [0.2, 0.25) is 11.8 Å². The quantitative estimate of drug-likeness (QED) is 0.0788. The molecule has 2 aromatic heterocycles. The van der Waals surface area contributed by atoms with E-state index in [2.05, 4.69) is 25.6 Å². The molecule has 15 nitrogen and oxygen atoms in total.